The molecule has 0 bridgehead atoms. The Morgan fingerprint density at radius 2 is 1.95 bits per heavy atom. The number of halogens is 1. The van der Waals surface area contributed by atoms with Crippen molar-refractivity contribution in [2.75, 3.05) is 23.7 Å². The lowest BCUT2D eigenvalue weighted by atomic mass is 9.92. The molecule has 0 aromatic heterocycles. The highest BCUT2D eigenvalue weighted by Gasteiger charge is 2.57. The lowest BCUT2D eigenvalue weighted by molar-refractivity contribution is -0.118. The molecule has 1 aliphatic heterocycles. The van der Waals surface area contributed by atoms with E-state index in [-0.39, 0.29) is 23.1 Å². The van der Waals surface area contributed by atoms with Crippen molar-refractivity contribution < 1.29 is 9.59 Å². The summed E-state index contributed by atoms with van der Waals surface area (Å²) < 4.78 is 0. The molecule has 22 heavy (non-hydrogen) atoms. The summed E-state index contributed by atoms with van der Waals surface area (Å²) in [6.07, 6.45) is 3.08. The first-order chi connectivity index (χ1) is 10.5. The zero-order chi connectivity index (χ0) is 15.7. The molecule has 118 valence electrons. The highest BCUT2D eigenvalue weighted by atomic mass is 35.5. The van der Waals surface area contributed by atoms with Gasteiger partial charge in [0.25, 0.3) is 0 Å². The van der Waals surface area contributed by atoms with E-state index in [0.29, 0.717) is 16.4 Å². The van der Waals surface area contributed by atoms with Crippen LogP contribution in [0.15, 0.2) is 18.2 Å². The van der Waals surface area contributed by atoms with E-state index in [4.69, 9.17) is 11.6 Å². The van der Waals surface area contributed by atoms with Crippen LogP contribution in [-0.4, -0.2) is 24.9 Å². The molecule has 6 heteroatoms. The molecule has 3 rings (SSSR count). The summed E-state index contributed by atoms with van der Waals surface area (Å²) in [6.45, 7) is 3.40. The Morgan fingerprint density at radius 1 is 1.23 bits per heavy atom. The van der Waals surface area contributed by atoms with Crippen LogP contribution >= 0.6 is 11.6 Å². The summed E-state index contributed by atoms with van der Waals surface area (Å²) in [4.78, 5) is 23.8. The Hall–Kier alpha value is -1.59. The number of carbonyl (C=O) groups is 2. The summed E-state index contributed by atoms with van der Waals surface area (Å²) >= 11 is 5.96. The number of piperidine rings is 1. The number of benzene rings is 1. The second-order valence-electron chi connectivity index (χ2n) is 6.23. The van der Waals surface area contributed by atoms with Gasteiger partial charge in [0.2, 0.25) is 11.8 Å². The maximum absolute atomic E-state index is 12.5. The topological polar surface area (TPSA) is 70.2 Å². The van der Waals surface area contributed by atoms with Gasteiger partial charge in [-0.25, -0.2) is 0 Å². The van der Waals surface area contributed by atoms with Crippen LogP contribution in [0.2, 0.25) is 5.02 Å². The van der Waals surface area contributed by atoms with Crippen molar-refractivity contribution in [1.82, 2.24) is 5.32 Å². The van der Waals surface area contributed by atoms with Crippen molar-refractivity contribution in [3.63, 3.8) is 0 Å². The monoisotopic (exact) mass is 321 g/mol. The van der Waals surface area contributed by atoms with E-state index >= 15 is 0 Å². The van der Waals surface area contributed by atoms with Crippen LogP contribution in [0.1, 0.15) is 26.2 Å². The lowest BCUT2D eigenvalue weighted by Gasteiger charge is -2.23. The Bertz CT molecular complexity index is 611. The van der Waals surface area contributed by atoms with Crippen molar-refractivity contribution in [2.24, 2.45) is 11.3 Å². The van der Waals surface area contributed by atoms with Crippen LogP contribution in [0.4, 0.5) is 11.4 Å². The fraction of sp³-hybridized carbons (Fsp3) is 0.500. The molecule has 1 heterocycles. The van der Waals surface area contributed by atoms with Crippen molar-refractivity contribution in [1.29, 1.82) is 0 Å². The highest BCUT2D eigenvalue weighted by molar-refractivity contribution is 6.31. The molecule has 5 nitrogen and oxygen atoms in total. The number of anilines is 2. The van der Waals surface area contributed by atoms with Gasteiger partial charge < -0.3 is 16.0 Å². The van der Waals surface area contributed by atoms with Gasteiger partial charge >= 0.3 is 0 Å². The van der Waals surface area contributed by atoms with E-state index in [0.717, 1.165) is 32.4 Å². The number of amides is 2. The standard InChI is InChI=1S/C16H20ClN3O2/c1-10(21)19-14-8-11(17)2-3-13(14)20-15(22)12-9-16(12)4-6-18-7-5-16/h2-3,8,12,18H,4-7,9H2,1H3,(H,19,21)(H,20,22). The predicted octanol–water partition coefficient (Wildman–Crippen LogP) is 2.63. The molecule has 1 saturated carbocycles. The van der Waals surface area contributed by atoms with Crippen LogP contribution in [-0.2, 0) is 9.59 Å². The first-order valence-corrected chi connectivity index (χ1v) is 7.97. The molecule has 0 radical (unpaired) electrons. The molecule has 1 unspecified atom stereocenters. The Morgan fingerprint density at radius 3 is 2.64 bits per heavy atom. The number of carbonyl (C=O) groups excluding carboxylic acids is 2. The second-order valence-corrected chi connectivity index (χ2v) is 6.67. The number of nitrogens with one attached hydrogen (secondary N) is 3. The minimum absolute atomic E-state index is 0.0378. The van der Waals surface area contributed by atoms with E-state index < -0.39 is 0 Å². The molecule has 2 amide bonds. The van der Waals surface area contributed by atoms with Gasteiger partial charge in [0.05, 0.1) is 11.4 Å². The van der Waals surface area contributed by atoms with Gasteiger partial charge in [-0.05, 0) is 56.0 Å². The van der Waals surface area contributed by atoms with E-state index in [1.54, 1.807) is 18.2 Å². The quantitative estimate of drug-likeness (QED) is 0.801. The molecule has 2 fully saturated rings. The van der Waals surface area contributed by atoms with E-state index in [9.17, 15) is 9.59 Å². The maximum Gasteiger partial charge on any atom is 0.228 e. The van der Waals surface area contributed by atoms with Gasteiger partial charge in [0, 0.05) is 17.9 Å². The van der Waals surface area contributed by atoms with Gasteiger partial charge in [-0.3, -0.25) is 9.59 Å². The number of hydrogen-bond donors (Lipinski definition) is 3. The second kappa shape index (κ2) is 5.89. The highest BCUT2D eigenvalue weighted by Crippen LogP contribution is 2.58. The molecule has 1 spiro atoms. The van der Waals surface area contributed by atoms with Crippen molar-refractivity contribution in [2.45, 2.75) is 26.2 Å². The largest absolute Gasteiger partial charge is 0.324 e. The zero-order valence-corrected chi connectivity index (χ0v) is 13.3. The predicted molar refractivity (Wildman–Crippen MR) is 87.0 cm³/mol. The van der Waals surface area contributed by atoms with Crippen LogP contribution in [0.3, 0.4) is 0 Å². The van der Waals surface area contributed by atoms with Gasteiger partial charge in [0.15, 0.2) is 0 Å². The van der Waals surface area contributed by atoms with Crippen molar-refractivity contribution in [3.8, 4) is 0 Å². The van der Waals surface area contributed by atoms with Crippen LogP contribution in [0.25, 0.3) is 0 Å². The summed E-state index contributed by atoms with van der Waals surface area (Å²) in [5.74, 6) is -0.0784. The third kappa shape index (κ3) is 3.10. The summed E-state index contributed by atoms with van der Waals surface area (Å²) in [6, 6.07) is 5.07. The Labute approximate surface area is 134 Å². The molecule has 3 N–H and O–H groups in total. The SMILES string of the molecule is CC(=O)Nc1cc(Cl)ccc1NC(=O)C1CC12CCNCC2. The molecule has 1 saturated heterocycles. The minimum atomic E-state index is -0.195. The van der Waals surface area contributed by atoms with Gasteiger partial charge in [-0.1, -0.05) is 11.6 Å². The van der Waals surface area contributed by atoms with E-state index in [1.165, 1.54) is 6.92 Å². The van der Waals surface area contributed by atoms with Gasteiger partial charge in [-0.2, -0.15) is 0 Å². The third-order valence-corrected chi connectivity index (χ3v) is 4.89. The van der Waals surface area contributed by atoms with Crippen molar-refractivity contribution in [3.05, 3.63) is 23.2 Å². The zero-order valence-electron chi connectivity index (χ0n) is 12.5. The molecule has 1 aromatic carbocycles. The Kier molecular flexibility index (Phi) is 4.10. The van der Waals surface area contributed by atoms with E-state index in [1.807, 2.05) is 0 Å². The molecule has 1 aromatic rings. The fourth-order valence-electron chi connectivity index (χ4n) is 3.33. The number of rotatable bonds is 3. The van der Waals surface area contributed by atoms with Crippen LogP contribution in [0.5, 0.6) is 0 Å². The third-order valence-electron chi connectivity index (χ3n) is 4.66. The fourth-order valence-corrected chi connectivity index (χ4v) is 3.51. The van der Waals surface area contributed by atoms with E-state index in [2.05, 4.69) is 16.0 Å². The minimum Gasteiger partial charge on any atom is -0.324 e. The summed E-state index contributed by atoms with van der Waals surface area (Å²) in [5, 5.41) is 9.50. The summed E-state index contributed by atoms with van der Waals surface area (Å²) in [7, 11) is 0. The molecule has 1 atom stereocenters. The molecular formula is C16H20ClN3O2. The van der Waals surface area contributed by atoms with Gasteiger partial charge in [-0.15, -0.1) is 0 Å². The normalized spacial score (nSPS) is 22.2. The maximum atomic E-state index is 12.5. The Balaban J connectivity index is 1.70. The molecule has 2 aliphatic rings. The smallest absolute Gasteiger partial charge is 0.228 e. The first kappa shape index (κ1) is 15.3. The van der Waals surface area contributed by atoms with Crippen LogP contribution in [0, 0.1) is 11.3 Å². The molecular weight excluding hydrogens is 302 g/mol. The van der Waals surface area contributed by atoms with Gasteiger partial charge in [0.1, 0.15) is 0 Å². The van der Waals surface area contributed by atoms with Crippen LogP contribution < -0.4 is 16.0 Å². The first-order valence-electron chi connectivity index (χ1n) is 7.59. The average Bonchev–Trinajstić information content (AvgIpc) is 3.15. The lowest BCUT2D eigenvalue weighted by Crippen LogP contribution is -2.31. The summed E-state index contributed by atoms with van der Waals surface area (Å²) in [5.41, 5.74) is 1.32. The number of hydrogen-bond acceptors (Lipinski definition) is 3. The van der Waals surface area contributed by atoms with Crippen molar-refractivity contribution >= 4 is 34.8 Å². The molecule has 1 aliphatic carbocycles. The average molecular weight is 322 g/mol.